The Kier molecular flexibility index (Phi) is 2.84. The van der Waals surface area contributed by atoms with E-state index in [1.54, 1.807) is 0 Å². The number of hydrogen-bond donors (Lipinski definition) is 1. The first kappa shape index (κ1) is 8.93. The number of piperidine rings is 1. The van der Waals surface area contributed by atoms with Crippen LogP contribution in [0.3, 0.4) is 0 Å². The van der Waals surface area contributed by atoms with Crippen molar-refractivity contribution < 1.29 is 12.8 Å². The molecule has 0 spiro atoms. The molecule has 1 unspecified atom stereocenters. The van der Waals surface area contributed by atoms with Crippen molar-refractivity contribution in [2.45, 2.75) is 18.1 Å². The molecule has 5 heteroatoms. The second-order valence-electron chi connectivity index (χ2n) is 2.74. The van der Waals surface area contributed by atoms with Gasteiger partial charge in [-0.05, 0) is 19.4 Å². The van der Waals surface area contributed by atoms with Gasteiger partial charge < -0.3 is 5.32 Å². The van der Waals surface area contributed by atoms with Crippen molar-refractivity contribution in [3.05, 3.63) is 0 Å². The number of rotatable bonds is 2. The maximum absolute atomic E-state index is 11.9. The van der Waals surface area contributed by atoms with E-state index >= 15 is 0 Å². The molecular weight excluding hydrogens is 169 g/mol. The van der Waals surface area contributed by atoms with E-state index in [-0.39, 0.29) is 0 Å². The van der Waals surface area contributed by atoms with Gasteiger partial charge >= 0.3 is 0 Å². The molecule has 1 heterocycles. The van der Waals surface area contributed by atoms with Gasteiger partial charge in [-0.25, -0.2) is 12.8 Å². The lowest BCUT2D eigenvalue weighted by molar-refractivity contribution is 0.477. The fourth-order valence-electron chi connectivity index (χ4n) is 1.22. The number of hydrogen-bond acceptors (Lipinski definition) is 3. The largest absolute Gasteiger partial charge is 0.315 e. The summed E-state index contributed by atoms with van der Waals surface area (Å²) in [5.41, 5.74) is 0. The fourth-order valence-corrected chi connectivity index (χ4v) is 2.29. The lowest BCUT2D eigenvalue weighted by Gasteiger charge is -2.21. The summed E-state index contributed by atoms with van der Waals surface area (Å²) in [5, 5.41) is 2.43. The first-order valence-corrected chi connectivity index (χ1v) is 5.36. The van der Waals surface area contributed by atoms with Gasteiger partial charge in [-0.3, -0.25) is 0 Å². The molecule has 1 aliphatic heterocycles. The number of nitrogens with one attached hydrogen (secondary N) is 1. The Labute approximate surface area is 65.9 Å². The molecule has 0 radical (unpaired) electrons. The first-order chi connectivity index (χ1) is 5.17. The molecule has 0 bridgehead atoms. The zero-order valence-electron chi connectivity index (χ0n) is 6.22. The van der Waals surface area contributed by atoms with Crippen LogP contribution in [0.1, 0.15) is 12.8 Å². The van der Waals surface area contributed by atoms with Crippen LogP contribution in [0, 0.1) is 0 Å². The second-order valence-corrected chi connectivity index (χ2v) is 4.95. The van der Waals surface area contributed by atoms with E-state index in [1.807, 2.05) is 0 Å². The monoisotopic (exact) mass is 181 g/mol. The van der Waals surface area contributed by atoms with Gasteiger partial charge in [0.25, 0.3) is 0 Å². The van der Waals surface area contributed by atoms with Gasteiger partial charge in [0.1, 0.15) is 0 Å². The van der Waals surface area contributed by atoms with Gasteiger partial charge in [0.05, 0.1) is 5.25 Å². The minimum absolute atomic E-state index is 0.409. The average molecular weight is 181 g/mol. The molecule has 0 aromatic heterocycles. The molecule has 0 aliphatic carbocycles. The second kappa shape index (κ2) is 3.49. The van der Waals surface area contributed by atoms with Crippen LogP contribution in [0.4, 0.5) is 4.39 Å². The van der Waals surface area contributed by atoms with Crippen molar-refractivity contribution in [2.24, 2.45) is 0 Å². The van der Waals surface area contributed by atoms with Crippen LogP contribution in [0.25, 0.3) is 0 Å². The molecule has 1 atom stereocenters. The van der Waals surface area contributed by atoms with Crippen LogP contribution < -0.4 is 5.32 Å². The van der Waals surface area contributed by atoms with Gasteiger partial charge in [0.2, 0.25) is 0 Å². The molecule has 1 rings (SSSR count). The topological polar surface area (TPSA) is 46.2 Å². The number of alkyl halides is 1. The molecule has 0 aromatic carbocycles. The molecule has 1 saturated heterocycles. The van der Waals surface area contributed by atoms with Gasteiger partial charge in [-0.2, -0.15) is 0 Å². The minimum atomic E-state index is -3.45. The highest BCUT2D eigenvalue weighted by molar-refractivity contribution is 7.91. The zero-order chi connectivity index (χ0) is 8.32. The lowest BCUT2D eigenvalue weighted by Crippen LogP contribution is -2.39. The Bertz CT molecular complexity index is 209. The number of halogens is 1. The Balaban J connectivity index is 2.58. The van der Waals surface area contributed by atoms with Crippen molar-refractivity contribution in [3.8, 4) is 0 Å². The van der Waals surface area contributed by atoms with E-state index in [4.69, 9.17) is 0 Å². The van der Waals surface area contributed by atoms with E-state index in [1.165, 1.54) is 0 Å². The molecule has 0 amide bonds. The molecule has 66 valence electrons. The summed E-state index contributed by atoms with van der Waals surface area (Å²) >= 11 is 0. The van der Waals surface area contributed by atoms with Gasteiger partial charge in [-0.1, -0.05) is 0 Å². The molecule has 11 heavy (non-hydrogen) atoms. The highest BCUT2D eigenvalue weighted by Crippen LogP contribution is 2.12. The quantitative estimate of drug-likeness (QED) is 0.656. The third-order valence-electron chi connectivity index (χ3n) is 1.91. The highest BCUT2D eigenvalue weighted by atomic mass is 32.2. The summed E-state index contributed by atoms with van der Waals surface area (Å²) < 4.78 is 33.8. The van der Waals surface area contributed by atoms with Gasteiger partial charge in [0, 0.05) is 6.54 Å². The maximum Gasteiger partial charge on any atom is 0.191 e. The van der Waals surface area contributed by atoms with E-state index < -0.39 is 21.1 Å². The standard InChI is InChI=1S/C6H12FNO2S/c7-5-11(9,10)6-2-1-3-8-4-6/h6,8H,1-5H2. The Morgan fingerprint density at radius 3 is 2.73 bits per heavy atom. The summed E-state index contributed by atoms with van der Waals surface area (Å²) in [7, 11) is -3.45. The Morgan fingerprint density at radius 1 is 1.55 bits per heavy atom. The van der Waals surface area contributed by atoms with Crippen LogP contribution in [0.15, 0.2) is 0 Å². The summed E-state index contributed by atoms with van der Waals surface area (Å²) in [4.78, 5) is 0. The third kappa shape index (κ3) is 2.13. The van der Waals surface area contributed by atoms with Gasteiger partial charge in [0.15, 0.2) is 15.8 Å². The van der Waals surface area contributed by atoms with E-state index in [0.29, 0.717) is 13.0 Å². The summed E-state index contributed by atoms with van der Waals surface area (Å²) in [5.74, 6) is 0. The van der Waals surface area contributed by atoms with Crippen LogP contribution in [-0.2, 0) is 9.84 Å². The summed E-state index contributed by atoms with van der Waals surface area (Å²) in [6.07, 6.45) is 1.42. The normalized spacial score (nSPS) is 26.8. The fraction of sp³-hybridized carbons (Fsp3) is 1.00. The Hall–Kier alpha value is -0.160. The summed E-state index contributed by atoms with van der Waals surface area (Å²) in [6, 6.07) is -1.22. The molecule has 1 fully saturated rings. The highest BCUT2D eigenvalue weighted by Gasteiger charge is 2.26. The molecule has 3 nitrogen and oxygen atoms in total. The van der Waals surface area contributed by atoms with Crippen LogP contribution in [0.2, 0.25) is 0 Å². The van der Waals surface area contributed by atoms with Crippen molar-refractivity contribution >= 4 is 9.84 Å². The van der Waals surface area contributed by atoms with Gasteiger partial charge in [-0.15, -0.1) is 0 Å². The van der Waals surface area contributed by atoms with E-state index in [0.717, 1.165) is 13.0 Å². The average Bonchev–Trinajstić information content (AvgIpc) is 2.06. The molecule has 1 aliphatic rings. The van der Waals surface area contributed by atoms with Crippen LogP contribution in [-0.4, -0.2) is 32.8 Å². The molecular formula is C6H12FNO2S. The minimum Gasteiger partial charge on any atom is -0.315 e. The smallest absolute Gasteiger partial charge is 0.191 e. The molecule has 0 aromatic rings. The zero-order valence-corrected chi connectivity index (χ0v) is 7.03. The van der Waals surface area contributed by atoms with E-state index in [9.17, 15) is 12.8 Å². The van der Waals surface area contributed by atoms with Crippen molar-refractivity contribution in [3.63, 3.8) is 0 Å². The number of sulfone groups is 1. The molecule has 1 N–H and O–H groups in total. The van der Waals surface area contributed by atoms with Crippen molar-refractivity contribution in [1.29, 1.82) is 0 Å². The van der Waals surface area contributed by atoms with Crippen molar-refractivity contribution in [1.82, 2.24) is 5.32 Å². The van der Waals surface area contributed by atoms with E-state index in [2.05, 4.69) is 5.32 Å². The van der Waals surface area contributed by atoms with Crippen LogP contribution >= 0.6 is 0 Å². The predicted molar refractivity (Wildman–Crippen MR) is 40.8 cm³/mol. The predicted octanol–water partition coefficient (Wildman–Crippen LogP) is 0.0802. The molecule has 0 saturated carbocycles. The lowest BCUT2D eigenvalue weighted by atomic mass is 10.2. The van der Waals surface area contributed by atoms with Crippen molar-refractivity contribution in [2.75, 3.05) is 19.1 Å². The summed E-state index contributed by atoms with van der Waals surface area (Å²) in [6.45, 7) is 1.25. The SMILES string of the molecule is O=S(=O)(CF)C1CCCNC1. The van der Waals surface area contributed by atoms with Crippen LogP contribution in [0.5, 0.6) is 0 Å². The first-order valence-electron chi connectivity index (χ1n) is 3.65. The maximum atomic E-state index is 11.9. The third-order valence-corrected chi connectivity index (χ3v) is 3.63. The Morgan fingerprint density at radius 2 is 2.27 bits per heavy atom.